The van der Waals surface area contributed by atoms with E-state index >= 15 is 0 Å². The van der Waals surface area contributed by atoms with Gasteiger partial charge in [-0.25, -0.2) is 0 Å². The van der Waals surface area contributed by atoms with E-state index in [-0.39, 0.29) is 30.7 Å². The van der Waals surface area contributed by atoms with Crippen LogP contribution in [-0.4, -0.2) is 70.3 Å². The number of imide groups is 1. The smallest absolute Gasteiger partial charge is 0.261 e. The molecule has 1 fully saturated rings. The fraction of sp³-hybridized carbons (Fsp3) is 0.400. The summed E-state index contributed by atoms with van der Waals surface area (Å²) in [7, 11) is 0. The summed E-state index contributed by atoms with van der Waals surface area (Å²) in [6.07, 6.45) is 0.147. The van der Waals surface area contributed by atoms with Crippen LogP contribution in [0, 0.1) is 6.92 Å². The number of piperazine rings is 1. The molecule has 2 aromatic rings. The van der Waals surface area contributed by atoms with Gasteiger partial charge in [0.15, 0.2) is 0 Å². The first-order chi connectivity index (χ1) is 13.5. The van der Waals surface area contributed by atoms with Crippen molar-refractivity contribution in [3.8, 4) is 0 Å². The molecule has 0 aliphatic carbocycles. The lowest BCUT2D eigenvalue weighted by molar-refractivity contribution is -0.133. The summed E-state index contributed by atoms with van der Waals surface area (Å²) in [6.45, 7) is 5.43. The maximum Gasteiger partial charge on any atom is 0.261 e. The molecule has 0 atom stereocenters. The van der Waals surface area contributed by atoms with Gasteiger partial charge in [0.25, 0.3) is 11.8 Å². The summed E-state index contributed by atoms with van der Waals surface area (Å²) in [6, 6.07) is 8.68. The van der Waals surface area contributed by atoms with Gasteiger partial charge in [-0.3, -0.25) is 24.2 Å². The summed E-state index contributed by atoms with van der Waals surface area (Å²) in [4.78, 5) is 42.5. The van der Waals surface area contributed by atoms with Crippen LogP contribution in [0.3, 0.4) is 0 Å². The maximum absolute atomic E-state index is 12.5. The molecule has 1 aromatic carbocycles. The number of carbonyl (C=O) groups excluding carboxylic acids is 3. The number of benzene rings is 1. The van der Waals surface area contributed by atoms with Crippen LogP contribution in [0.4, 0.5) is 0 Å². The fourth-order valence-corrected chi connectivity index (χ4v) is 3.68. The third-order valence-electron chi connectivity index (χ3n) is 5.21. The van der Waals surface area contributed by atoms with Crippen LogP contribution in [0.2, 0.25) is 0 Å². The summed E-state index contributed by atoms with van der Waals surface area (Å²) < 4.78 is 5.09. The molecule has 1 aromatic heterocycles. The monoisotopic (exact) mass is 382 g/mol. The Hall–Kier alpha value is -3.00. The number of amides is 3. The molecule has 0 spiro atoms. The van der Waals surface area contributed by atoms with Gasteiger partial charge in [-0.2, -0.15) is 0 Å². The number of aryl methyl sites for hydroxylation is 1. The van der Waals surface area contributed by atoms with Crippen LogP contribution in [0.5, 0.6) is 0 Å². The average molecular weight is 382 g/mol. The van der Waals surface area contributed by atoms with Gasteiger partial charge in [0.2, 0.25) is 5.91 Å². The van der Waals surface area contributed by atoms with E-state index in [4.69, 9.17) is 4.52 Å². The Morgan fingerprint density at radius 1 is 1.07 bits per heavy atom. The third-order valence-corrected chi connectivity index (χ3v) is 5.21. The molecule has 0 radical (unpaired) electrons. The standard InChI is InChI=1S/C20H22N4O4/c1-14-12-15(21-28-14)13-22-8-10-23(11-9-22)18(25)6-7-24-19(26)16-4-2-3-5-17(16)20(24)27/h2-5,12H,6-11,13H2,1H3. The largest absolute Gasteiger partial charge is 0.361 e. The van der Waals surface area contributed by atoms with E-state index in [1.807, 2.05) is 13.0 Å². The van der Waals surface area contributed by atoms with E-state index in [9.17, 15) is 14.4 Å². The number of fused-ring (bicyclic) bond motifs is 1. The van der Waals surface area contributed by atoms with Gasteiger partial charge >= 0.3 is 0 Å². The minimum absolute atomic E-state index is 0.0338. The van der Waals surface area contributed by atoms with Crippen LogP contribution in [0.25, 0.3) is 0 Å². The molecule has 0 unspecified atom stereocenters. The van der Waals surface area contributed by atoms with Crippen LogP contribution < -0.4 is 0 Å². The molecular weight excluding hydrogens is 360 g/mol. The Balaban J connectivity index is 1.26. The summed E-state index contributed by atoms with van der Waals surface area (Å²) in [5, 5.41) is 4.00. The highest BCUT2D eigenvalue weighted by Crippen LogP contribution is 2.22. The van der Waals surface area contributed by atoms with E-state index in [0.29, 0.717) is 30.8 Å². The first-order valence-electron chi connectivity index (χ1n) is 9.40. The van der Waals surface area contributed by atoms with Crippen LogP contribution in [-0.2, 0) is 11.3 Å². The second-order valence-electron chi connectivity index (χ2n) is 7.14. The average Bonchev–Trinajstić information content (AvgIpc) is 3.22. The predicted molar refractivity (Wildman–Crippen MR) is 99.5 cm³/mol. The van der Waals surface area contributed by atoms with Gasteiger partial charge < -0.3 is 9.42 Å². The molecule has 1 saturated heterocycles. The van der Waals surface area contributed by atoms with Crippen LogP contribution >= 0.6 is 0 Å². The molecular formula is C20H22N4O4. The molecule has 2 aliphatic heterocycles. The zero-order valence-corrected chi connectivity index (χ0v) is 15.8. The Labute approximate surface area is 162 Å². The Morgan fingerprint density at radius 3 is 2.29 bits per heavy atom. The molecule has 146 valence electrons. The molecule has 8 heteroatoms. The number of carbonyl (C=O) groups is 3. The van der Waals surface area contributed by atoms with E-state index in [1.54, 1.807) is 29.2 Å². The lowest BCUT2D eigenvalue weighted by atomic mass is 10.1. The summed E-state index contributed by atoms with van der Waals surface area (Å²) in [5.41, 5.74) is 1.72. The minimum Gasteiger partial charge on any atom is -0.361 e. The first-order valence-corrected chi connectivity index (χ1v) is 9.40. The van der Waals surface area contributed by atoms with Gasteiger partial charge in [0.1, 0.15) is 5.76 Å². The molecule has 8 nitrogen and oxygen atoms in total. The van der Waals surface area contributed by atoms with Crippen molar-refractivity contribution in [2.45, 2.75) is 19.9 Å². The molecule has 0 bridgehead atoms. The Bertz CT molecular complexity index is 879. The van der Waals surface area contributed by atoms with Crippen molar-refractivity contribution in [3.63, 3.8) is 0 Å². The van der Waals surface area contributed by atoms with E-state index < -0.39 is 0 Å². The highest BCUT2D eigenvalue weighted by molar-refractivity contribution is 6.21. The molecule has 3 amide bonds. The van der Waals surface area contributed by atoms with E-state index in [0.717, 1.165) is 24.5 Å². The zero-order chi connectivity index (χ0) is 19.7. The lowest BCUT2D eigenvalue weighted by Gasteiger charge is -2.34. The lowest BCUT2D eigenvalue weighted by Crippen LogP contribution is -2.49. The normalized spacial score (nSPS) is 17.3. The second-order valence-corrected chi connectivity index (χ2v) is 7.14. The van der Waals surface area contributed by atoms with Crippen molar-refractivity contribution < 1.29 is 18.9 Å². The van der Waals surface area contributed by atoms with Gasteiger partial charge in [-0.1, -0.05) is 17.3 Å². The van der Waals surface area contributed by atoms with Gasteiger partial charge in [-0.05, 0) is 19.1 Å². The molecule has 0 N–H and O–H groups in total. The number of hydrogen-bond acceptors (Lipinski definition) is 6. The van der Waals surface area contributed by atoms with Crippen LogP contribution in [0.15, 0.2) is 34.9 Å². The van der Waals surface area contributed by atoms with Gasteiger partial charge in [-0.15, -0.1) is 0 Å². The van der Waals surface area contributed by atoms with Crippen molar-refractivity contribution in [3.05, 3.63) is 52.9 Å². The minimum atomic E-state index is -0.318. The highest BCUT2D eigenvalue weighted by atomic mass is 16.5. The Morgan fingerprint density at radius 2 is 1.71 bits per heavy atom. The summed E-state index contributed by atoms with van der Waals surface area (Å²) >= 11 is 0. The number of nitrogens with zero attached hydrogens (tertiary/aromatic N) is 4. The van der Waals surface area contributed by atoms with Crippen molar-refractivity contribution >= 4 is 17.7 Å². The summed E-state index contributed by atoms with van der Waals surface area (Å²) in [5.74, 6) is 0.118. The molecule has 2 aliphatic rings. The molecule has 4 rings (SSSR count). The van der Waals surface area contributed by atoms with Crippen LogP contribution in [0.1, 0.15) is 38.6 Å². The van der Waals surface area contributed by atoms with Crippen molar-refractivity contribution in [2.75, 3.05) is 32.7 Å². The number of aromatic nitrogens is 1. The zero-order valence-electron chi connectivity index (χ0n) is 15.8. The van der Waals surface area contributed by atoms with Crippen molar-refractivity contribution in [1.82, 2.24) is 19.9 Å². The number of rotatable bonds is 5. The SMILES string of the molecule is Cc1cc(CN2CCN(C(=O)CCN3C(=O)c4ccccc4C3=O)CC2)no1. The Kier molecular flexibility index (Phi) is 4.95. The van der Waals surface area contributed by atoms with E-state index in [1.165, 1.54) is 4.90 Å². The quantitative estimate of drug-likeness (QED) is 0.725. The van der Waals surface area contributed by atoms with Gasteiger partial charge in [0, 0.05) is 51.8 Å². The second kappa shape index (κ2) is 7.55. The molecule has 28 heavy (non-hydrogen) atoms. The van der Waals surface area contributed by atoms with E-state index in [2.05, 4.69) is 10.1 Å². The predicted octanol–water partition coefficient (Wildman–Crippen LogP) is 1.31. The third kappa shape index (κ3) is 3.55. The molecule has 3 heterocycles. The highest BCUT2D eigenvalue weighted by Gasteiger charge is 2.35. The first kappa shape index (κ1) is 18.4. The fourth-order valence-electron chi connectivity index (χ4n) is 3.68. The molecule has 0 saturated carbocycles. The topological polar surface area (TPSA) is 87.0 Å². The van der Waals surface area contributed by atoms with Gasteiger partial charge in [0.05, 0.1) is 16.8 Å². The van der Waals surface area contributed by atoms with Crippen molar-refractivity contribution in [1.29, 1.82) is 0 Å². The van der Waals surface area contributed by atoms with Crippen molar-refractivity contribution in [2.24, 2.45) is 0 Å². The number of hydrogen-bond donors (Lipinski definition) is 0. The maximum atomic E-state index is 12.5.